The molecule has 0 spiro atoms. The average molecular weight is 504 g/mol. The Morgan fingerprint density at radius 3 is 2.67 bits per heavy atom. The van der Waals surface area contributed by atoms with Crippen LogP contribution < -0.4 is 20.1 Å². The zero-order valence-corrected chi connectivity index (χ0v) is 19.5. The molecule has 0 bridgehead atoms. The number of hydrogen-bond donors (Lipinski definition) is 2. The SMILES string of the molecule is CCNC(=NCc1ccc(OC)cc1OC)NCCCc1nc(C)cs1.I. The van der Waals surface area contributed by atoms with Crippen molar-refractivity contribution in [1.29, 1.82) is 0 Å². The molecule has 150 valence electrons. The lowest BCUT2D eigenvalue weighted by atomic mass is 10.2. The molecule has 0 amide bonds. The van der Waals surface area contributed by atoms with Crippen molar-refractivity contribution < 1.29 is 9.47 Å². The molecule has 1 aromatic heterocycles. The van der Waals surface area contributed by atoms with Crippen LogP contribution in [0.15, 0.2) is 28.6 Å². The standard InChI is InChI=1S/C19H28N4O2S.HI/c1-5-20-19(21-10-6-7-18-23-14(2)13-26-18)22-12-15-8-9-16(24-3)11-17(15)25-4;/h8-9,11,13H,5-7,10,12H2,1-4H3,(H2,20,21,22);1H. The van der Waals surface area contributed by atoms with E-state index in [2.05, 4.69) is 32.9 Å². The molecule has 1 heterocycles. The summed E-state index contributed by atoms with van der Waals surface area (Å²) in [5.41, 5.74) is 2.12. The van der Waals surface area contributed by atoms with Gasteiger partial charge < -0.3 is 20.1 Å². The van der Waals surface area contributed by atoms with Gasteiger partial charge in [0.1, 0.15) is 11.5 Å². The molecule has 8 heteroatoms. The summed E-state index contributed by atoms with van der Waals surface area (Å²) in [4.78, 5) is 9.15. The molecular formula is C19H29IN4O2S. The third kappa shape index (κ3) is 7.92. The van der Waals surface area contributed by atoms with Gasteiger partial charge in [-0.25, -0.2) is 9.98 Å². The first-order valence-electron chi connectivity index (χ1n) is 8.80. The monoisotopic (exact) mass is 504 g/mol. The summed E-state index contributed by atoms with van der Waals surface area (Å²) in [5, 5.41) is 9.94. The minimum atomic E-state index is 0. The number of ether oxygens (including phenoxy) is 2. The van der Waals surface area contributed by atoms with Crippen LogP contribution in [0.25, 0.3) is 0 Å². The van der Waals surface area contributed by atoms with Crippen molar-refractivity contribution in [2.45, 2.75) is 33.2 Å². The number of methoxy groups -OCH3 is 2. The zero-order chi connectivity index (χ0) is 18.8. The van der Waals surface area contributed by atoms with Crippen LogP contribution >= 0.6 is 35.3 Å². The molecule has 2 aromatic rings. The van der Waals surface area contributed by atoms with Crippen molar-refractivity contribution >= 4 is 41.3 Å². The van der Waals surface area contributed by atoms with Crippen LogP contribution in [-0.4, -0.2) is 38.3 Å². The van der Waals surface area contributed by atoms with Gasteiger partial charge in [0.05, 0.1) is 25.8 Å². The number of nitrogens with zero attached hydrogens (tertiary/aromatic N) is 2. The Hall–Kier alpha value is -1.55. The van der Waals surface area contributed by atoms with E-state index in [9.17, 15) is 0 Å². The summed E-state index contributed by atoms with van der Waals surface area (Å²) < 4.78 is 10.7. The van der Waals surface area contributed by atoms with Crippen molar-refractivity contribution in [3.63, 3.8) is 0 Å². The van der Waals surface area contributed by atoms with E-state index >= 15 is 0 Å². The van der Waals surface area contributed by atoms with E-state index in [1.807, 2.05) is 25.1 Å². The van der Waals surface area contributed by atoms with Gasteiger partial charge in [0, 0.05) is 42.2 Å². The number of rotatable bonds is 9. The Morgan fingerprint density at radius 2 is 2.04 bits per heavy atom. The number of guanidine groups is 1. The highest BCUT2D eigenvalue weighted by Gasteiger charge is 2.06. The van der Waals surface area contributed by atoms with E-state index in [1.165, 1.54) is 5.01 Å². The third-order valence-corrected chi connectivity index (χ3v) is 4.80. The predicted octanol–water partition coefficient (Wildman–Crippen LogP) is 3.77. The van der Waals surface area contributed by atoms with Gasteiger partial charge in [0.25, 0.3) is 0 Å². The fourth-order valence-corrected chi connectivity index (χ4v) is 3.27. The van der Waals surface area contributed by atoms with Gasteiger partial charge >= 0.3 is 0 Å². The van der Waals surface area contributed by atoms with Crippen LogP contribution in [0, 0.1) is 6.92 Å². The number of aliphatic imine (C=N–C) groups is 1. The number of hydrogen-bond acceptors (Lipinski definition) is 5. The number of aryl methyl sites for hydroxylation is 2. The molecule has 0 radical (unpaired) electrons. The van der Waals surface area contributed by atoms with Crippen molar-refractivity contribution in [3.8, 4) is 11.5 Å². The van der Waals surface area contributed by atoms with Gasteiger partial charge in [0.2, 0.25) is 0 Å². The molecule has 1 aromatic carbocycles. The Labute approximate surface area is 182 Å². The number of halogens is 1. The second kappa shape index (κ2) is 12.8. The van der Waals surface area contributed by atoms with Gasteiger partial charge in [0.15, 0.2) is 5.96 Å². The summed E-state index contributed by atoms with van der Waals surface area (Å²) >= 11 is 1.72. The van der Waals surface area contributed by atoms with Crippen LogP contribution in [0.3, 0.4) is 0 Å². The molecule has 0 aliphatic carbocycles. The quantitative estimate of drug-likeness (QED) is 0.236. The predicted molar refractivity (Wildman–Crippen MR) is 123 cm³/mol. The van der Waals surface area contributed by atoms with Gasteiger partial charge in [-0.15, -0.1) is 35.3 Å². The fourth-order valence-electron chi connectivity index (χ4n) is 2.45. The lowest BCUT2D eigenvalue weighted by molar-refractivity contribution is 0.391. The van der Waals surface area contributed by atoms with Gasteiger partial charge in [-0.3, -0.25) is 0 Å². The molecule has 0 aliphatic heterocycles. The topological polar surface area (TPSA) is 67.8 Å². The van der Waals surface area contributed by atoms with Gasteiger partial charge in [-0.1, -0.05) is 0 Å². The molecule has 2 rings (SSSR count). The molecule has 0 atom stereocenters. The number of benzene rings is 1. The maximum Gasteiger partial charge on any atom is 0.191 e. The molecule has 0 saturated carbocycles. The third-order valence-electron chi connectivity index (χ3n) is 3.77. The fraction of sp³-hybridized carbons (Fsp3) is 0.474. The van der Waals surface area contributed by atoms with Crippen molar-refractivity contribution in [2.24, 2.45) is 4.99 Å². The first-order chi connectivity index (χ1) is 12.7. The maximum atomic E-state index is 5.43. The largest absolute Gasteiger partial charge is 0.497 e. The highest BCUT2D eigenvalue weighted by Crippen LogP contribution is 2.25. The number of aromatic nitrogens is 1. The molecular weight excluding hydrogens is 475 g/mol. The van der Waals surface area contributed by atoms with E-state index in [1.54, 1.807) is 25.6 Å². The van der Waals surface area contributed by atoms with Crippen molar-refractivity contribution in [3.05, 3.63) is 39.8 Å². The minimum Gasteiger partial charge on any atom is -0.497 e. The van der Waals surface area contributed by atoms with Gasteiger partial charge in [-0.05, 0) is 32.4 Å². The van der Waals surface area contributed by atoms with Crippen molar-refractivity contribution in [2.75, 3.05) is 27.3 Å². The number of thiazole rings is 1. The van der Waals surface area contributed by atoms with E-state index in [0.29, 0.717) is 6.54 Å². The highest BCUT2D eigenvalue weighted by atomic mass is 127. The summed E-state index contributed by atoms with van der Waals surface area (Å²) in [6.07, 6.45) is 2.00. The van der Waals surface area contributed by atoms with E-state index in [0.717, 1.165) is 54.6 Å². The molecule has 0 fully saturated rings. The van der Waals surface area contributed by atoms with E-state index < -0.39 is 0 Å². The molecule has 2 N–H and O–H groups in total. The normalized spacial score (nSPS) is 10.9. The lowest BCUT2D eigenvalue weighted by Crippen LogP contribution is -2.37. The van der Waals surface area contributed by atoms with Crippen LogP contribution in [-0.2, 0) is 13.0 Å². The number of nitrogens with one attached hydrogen (secondary N) is 2. The Morgan fingerprint density at radius 1 is 1.22 bits per heavy atom. The molecule has 6 nitrogen and oxygen atoms in total. The summed E-state index contributed by atoms with van der Waals surface area (Å²) in [6, 6.07) is 5.78. The molecule has 0 unspecified atom stereocenters. The van der Waals surface area contributed by atoms with Crippen LogP contribution in [0.5, 0.6) is 11.5 Å². The molecule has 27 heavy (non-hydrogen) atoms. The summed E-state index contributed by atoms with van der Waals surface area (Å²) in [7, 11) is 3.30. The Kier molecular flexibility index (Phi) is 11.1. The molecule has 0 saturated heterocycles. The minimum absolute atomic E-state index is 0. The van der Waals surface area contributed by atoms with E-state index in [-0.39, 0.29) is 24.0 Å². The summed E-state index contributed by atoms with van der Waals surface area (Å²) in [5.74, 6) is 2.36. The smallest absolute Gasteiger partial charge is 0.191 e. The van der Waals surface area contributed by atoms with Crippen LogP contribution in [0.4, 0.5) is 0 Å². The van der Waals surface area contributed by atoms with Crippen LogP contribution in [0.1, 0.15) is 29.6 Å². The second-order valence-electron chi connectivity index (χ2n) is 5.79. The van der Waals surface area contributed by atoms with Crippen molar-refractivity contribution in [1.82, 2.24) is 15.6 Å². The first kappa shape index (κ1) is 23.5. The van der Waals surface area contributed by atoms with Crippen LogP contribution in [0.2, 0.25) is 0 Å². The second-order valence-corrected chi connectivity index (χ2v) is 6.73. The molecule has 0 aliphatic rings. The van der Waals surface area contributed by atoms with E-state index in [4.69, 9.17) is 9.47 Å². The average Bonchev–Trinajstić information content (AvgIpc) is 3.08. The van der Waals surface area contributed by atoms with Gasteiger partial charge in [-0.2, -0.15) is 0 Å². The Balaban J connectivity index is 0.00000364. The maximum absolute atomic E-state index is 5.43. The Bertz CT molecular complexity index is 721. The first-order valence-corrected chi connectivity index (χ1v) is 9.68. The lowest BCUT2D eigenvalue weighted by Gasteiger charge is -2.12. The zero-order valence-electron chi connectivity index (χ0n) is 16.4. The highest BCUT2D eigenvalue weighted by molar-refractivity contribution is 14.0. The summed E-state index contributed by atoms with van der Waals surface area (Å²) in [6.45, 7) is 6.29.